The van der Waals surface area contributed by atoms with Gasteiger partial charge in [0.15, 0.2) is 6.73 Å². The molecule has 0 aliphatic heterocycles. The minimum atomic E-state index is -0.280. The Kier molecular flexibility index (Phi) is 5.87. The minimum absolute atomic E-state index is 0.125. The second-order valence-electron chi connectivity index (χ2n) is 5.53. The van der Waals surface area contributed by atoms with Crippen molar-refractivity contribution >= 4 is 34.3 Å². The van der Waals surface area contributed by atoms with E-state index in [1.54, 1.807) is 0 Å². The summed E-state index contributed by atoms with van der Waals surface area (Å²) in [6.07, 6.45) is 0. The average molecular weight is 424 g/mol. The van der Waals surface area contributed by atoms with Crippen molar-refractivity contribution in [3.05, 3.63) is 56.2 Å². The summed E-state index contributed by atoms with van der Waals surface area (Å²) in [4.78, 5) is 12.0. The first kappa shape index (κ1) is 17.6. The number of rotatable bonds is 4. The molecule has 0 spiro atoms. The second-order valence-corrected chi connectivity index (χ2v) is 6.78. The zero-order valence-electron chi connectivity index (χ0n) is 13.8. The summed E-state index contributed by atoms with van der Waals surface area (Å²) in [6.45, 7) is 8.15. The molecular formula is C18H21IN2O2. The van der Waals surface area contributed by atoms with E-state index in [0.29, 0.717) is 0 Å². The van der Waals surface area contributed by atoms with Crippen LogP contribution in [-0.2, 0) is 0 Å². The molecule has 0 heterocycles. The highest BCUT2D eigenvalue weighted by atomic mass is 127. The number of carbonyl (C=O) groups is 1. The van der Waals surface area contributed by atoms with Crippen LogP contribution in [-0.4, -0.2) is 12.8 Å². The van der Waals surface area contributed by atoms with Gasteiger partial charge in [-0.1, -0.05) is 12.1 Å². The summed E-state index contributed by atoms with van der Waals surface area (Å²) < 4.78 is 6.87. The molecule has 0 aromatic heterocycles. The molecule has 2 aromatic carbocycles. The minimum Gasteiger partial charge on any atom is -0.473 e. The number of nitrogens with one attached hydrogen (secondary N) is 2. The Labute approximate surface area is 150 Å². The van der Waals surface area contributed by atoms with Crippen molar-refractivity contribution in [2.45, 2.75) is 27.7 Å². The maximum absolute atomic E-state index is 12.0. The van der Waals surface area contributed by atoms with E-state index in [1.165, 1.54) is 5.56 Å². The lowest BCUT2D eigenvalue weighted by Crippen LogP contribution is -2.32. The molecule has 5 heteroatoms. The van der Waals surface area contributed by atoms with Crippen molar-refractivity contribution < 1.29 is 9.53 Å². The van der Waals surface area contributed by atoms with Crippen molar-refractivity contribution in [2.75, 3.05) is 12.0 Å². The van der Waals surface area contributed by atoms with Crippen molar-refractivity contribution in [2.24, 2.45) is 0 Å². The molecule has 0 atom stereocenters. The molecule has 0 bridgehead atoms. The van der Waals surface area contributed by atoms with E-state index >= 15 is 0 Å². The van der Waals surface area contributed by atoms with Gasteiger partial charge in [-0.15, -0.1) is 0 Å². The third-order valence-corrected chi connectivity index (χ3v) is 4.43. The van der Waals surface area contributed by atoms with Gasteiger partial charge < -0.3 is 15.4 Å². The third kappa shape index (κ3) is 4.60. The molecule has 0 fully saturated rings. The summed E-state index contributed by atoms with van der Waals surface area (Å²) in [5.41, 5.74) is 5.15. The molecule has 2 rings (SSSR count). The molecular weight excluding hydrogens is 403 g/mol. The van der Waals surface area contributed by atoms with Crippen LogP contribution in [0.1, 0.15) is 22.3 Å². The zero-order valence-corrected chi connectivity index (χ0v) is 15.9. The first-order valence-corrected chi connectivity index (χ1v) is 8.47. The van der Waals surface area contributed by atoms with Crippen LogP contribution in [0.15, 0.2) is 30.3 Å². The summed E-state index contributed by atoms with van der Waals surface area (Å²) in [6, 6.07) is 9.68. The summed E-state index contributed by atoms with van der Waals surface area (Å²) >= 11 is 2.25. The molecule has 0 saturated heterocycles. The highest BCUT2D eigenvalue weighted by molar-refractivity contribution is 14.1. The predicted octanol–water partition coefficient (Wildman–Crippen LogP) is 4.68. The maximum atomic E-state index is 12.0. The number of aryl methyl sites for hydroxylation is 3. The number of urea groups is 1. The molecule has 23 heavy (non-hydrogen) atoms. The molecule has 0 unspecified atom stereocenters. The monoisotopic (exact) mass is 424 g/mol. The quantitative estimate of drug-likeness (QED) is 0.553. The number of amides is 2. The standard InChI is InChI=1S/C18H21IN2O2/c1-11-5-6-12(2)17(14(11)4)23-10-20-18(22)21-16-8-7-15(19)9-13(16)3/h5-9H,10H2,1-4H3,(H2,20,21,22). The summed E-state index contributed by atoms with van der Waals surface area (Å²) in [5.74, 6) is 0.829. The molecule has 0 radical (unpaired) electrons. The number of benzene rings is 2. The SMILES string of the molecule is Cc1cc(I)ccc1NC(=O)NCOc1c(C)ccc(C)c1C. The number of halogens is 1. The largest absolute Gasteiger partial charge is 0.473 e. The highest BCUT2D eigenvalue weighted by Crippen LogP contribution is 2.25. The fourth-order valence-electron chi connectivity index (χ4n) is 2.26. The first-order chi connectivity index (χ1) is 10.9. The number of hydrogen-bond acceptors (Lipinski definition) is 2. The fourth-order valence-corrected chi connectivity index (χ4v) is 2.90. The van der Waals surface area contributed by atoms with Gasteiger partial charge in [0, 0.05) is 9.26 Å². The van der Waals surface area contributed by atoms with Crippen molar-refractivity contribution in [1.29, 1.82) is 0 Å². The number of carbonyl (C=O) groups excluding carboxylic acids is 1. The van der Waals surface area contributed by atoms with Gasteiger partial charge >= 0.3 is 6.03 Å². The molecule has 4 nitrogen and oxygen atoms in total. The van der Waals surface area contributed by atoms with Crippen LogP contribution < -0.4 is 15.4 Å². The van der Waals surface area contributed by atoms with Crippen LogP contribution in [0.25, 0.3) is 0 Å². The van der Waals surface area contributed by atoms with Gasteiger partial charge in [-0.3, -0.25) is 0 Å². The van der Waals surface area contributed by atoms with Crippen LogP contribution in [0.2, 0.25) is 0 Å². The molecule has 2 amide bonds. The van der Waals surface area contributed by atoms with Crippen molar-refractivity contribution in [3.63, 3.8) is 0 Å². The van der Waals surface area contributed by atoms with E-state index < -0.39 is 0 Å². The van der Waals surface area contributed by atoms with Gasteiger partial charge in [0.25, 0.3) is 0 Å². The van der Waals surface area contributed by atoms with Gasteiger partial charge in [-0.05, 0) is 90.7 Å². The smallest absolute Gasteiger partial charge is 0.321 e. The van der Waals surface area contributed by atoms with E-state index in [1.807, 2.05) is 52.0 Å². The van der Waals surface area contributed by atoms with E-state index in [-0.39, 0.29) is 12.8 Å². The second kappa shape index (κ2) is 7.68. The van der Waals surface area contributed by atoms with Crippen molar-refractivity contribution in [3.8, 4) is 5.75 Å². The predicted molar refractivity (Wildman–Crippen MR) is 102 cm³/mol. The lowest BCUT2D eigenvalue weighted by atomic mass is 10.1. The Morgan fingerprint density at radius 3 is 2.43 bits per heavy atom. The number of anilines is 1. The van der Waals surface area contributed by atoms with E-state index in [9.17, 15) is 4.79 Å². The molecule has 122 valence electrons. The lowest BCUT2D eigenvalue weighted by molar-refractivity contribution is 0.234. The van der Waals surface area contributed by atoms with Crippen LogP contribution in [0.5, 0.6) is 5.75 Å². The summed E-state index contributed by atoms with van der Waals surface area (Å²) in [5, 5.41) is 5.55. The van der Waals surface area contributed by atoms with Crippen LogP contribution >= 0.6 is 22.6 Å². The number of ether oxygens (including phenoxy) is 1. The molecule has 2 N–H and O–H groups in total. The highest BCUT2D eigenvalue weighted by Gasteiger charge is 2.08. The average Bonchev–Trinajstić information content (AvgIpc) is 2.49. The van der Waals surface area contributed by atoms with Crippen molar-refractivity contribution in [1.82, 2.24) is 5.32 Å². The van der Waals surface area contributed by atoms with Gasteiger partial charge in [-0.25, -0.2) is 4.79 Å². The molecule has 0 saturated carbocycles. The maximum Gasteiger partial charge on any atom is 0.321 e. The van der Waals surface area contributed by atoms with Crippen LogP contribution in [0, 0.1) is 31.3 Å². The Morgan fingerprint density at radius 1 is 1.04 bits per heavy atom. The Bertz CT molecular complexity index is 729. The Hall–Kier alpha value is -1.76. The van der Waals surface area contributed by atoms with Gasteiger partial charge in [0.05, 0.1) is 0 Å². The van der Waals surface area contributed by atoms with Gasteiger partial charge in [-0.2, -0.15) is 0 Å². The van der Waals surface area contributed by atoms with Crippen LogP contribution in [0.3, 0.4) is 0 Å². The fraction of sp³-hybridized carbons (Fsp3) is 0.278. The molecule has 2 aromatic rings. The topological polar surface area (TPSA) is 50.4 Å². The zero-order chi connectivity index (χ0) is 17.0. The Morgan fingerprint density at radius 2 is 1.74 bits per heavy atom. The van der Waals surface area contributed by atoms with Gasteiger partial charge in [0.2, 0.25) is 0 Å². The number of hydrogen-bond donors (Lipinski definition) is 2. The summed E-state index contributed by atoms with van der Waals surface area (Å²) in [7, 11) is 0. The van der Waals surface area contributed by atoms with Crippen LogP contribution in [0.4, 0.5) is 10.5 Å². The van der Waals surface area contributed by atoms with E-state index in [0.717, 1.165) is 31.7 Å². The van der Waals surface area contributed by atoms with E-state index in [2.05, 4.69) is 39.3 Å². The Balaban J connectivity index is 1.92. The lowest BCUT2D eigenvalue weighted by Gasteiger charge is -2.15. The molecule has 0 aliphatic rings. The van der Waals surface area contributed by atoms with E-state index in [4.69, 9.17) is 4.74 Å². The third-order valence-electron chi connectivity index (χ3n) is 3.76. The molecule has 0 aliphatic carbocycles. The normalized spacial score (nSPS) is 10.3. The van der Waals surface area contributed by atoms with Gasteiger partial charge in [0.1, 0.15) is 5.75 Å². The first-order valence-electron chi connectivity index (χ1n) is 7.39.